The van der Waals surface area contributed by atoms with Crippen LogP contribution < -0.4 is 0 Å². The van der Waals surface area contributed by atoms with Crippen LogP contribution in [0.3, 0.4) is 0 Å². The average molecular weight is 436 g/mol. The molecule has 0 radical (unpaired) electrons. The highest BCUT2D eigenvalue weighted by atomic mass is 19.2. The van der Waals surface area contributed by atoms with Gasteiger partial charge in [0.2, 0.25) is 11.7 Å². The van der Waals surface area contributed by atoms with E-state index in [1.54, 1.807) is 23.4 Å². The van der Waals surface area contributed by atoms with E-state index in [0.29, 0.717) is 29.8 Å². The molecule has 1 fully saturated rings. The molecule has 5 rings (SSSR count). The molecule has 8 nitrogen and oxygen atoms in total. The summed E-state index contributed by atoms with van der Waals surface area (Å²) in [5, 5.41) is 12.2. The minimum atomic E-state index is -0.995. The minimum absolute atomic E-state index is 0.134. The van der Waals surface area contributed by atoms with Crippen molar-refractivity contribution in [2.75, 3.05) is 6.54 Å². The summed E-state index contributed by atoms with van der Waals surface area (Å²) in [4.78, 5) is 21.0. The first-order chi connectivity index (χ1) is 15.5. The van der Waals surface area contributed by atoms with Crippen molar-refractivity contribution in [3.63, 3.8) is 0 Å². The van der Waals surface area contributed by atoms with Gasteiger partial charge in [0.1, 0.15) is 6.04 Å². The first kappa shape index (κ1) is 20.0. The Labute approximate surface area is 181 Å². The Bertz CT molecular complexity index is 1290. The Kier molecular flexibility index (Phi) is 4.96. The van der Waals surface area contributed by atoms with Gasteiger partial charge in [-0.2, -0.15) is 20.0 Å². The fourth-order valence-corrected chi connectivity index (χ4v) is 3.88. The standard InChI is InChI=1S/C22H18F2N6O2/c1-13-4-7-18(30-25-8-9-26-30)15(11-13)22(31)29-10-2-3-19(29)21-27-20(28-32-21)14-5-6-16(23)17(24)12-14/h4-9,11-12,19H,2-3,10H2,1H3. The van der Waals surface area contributed by atoms with Crippen LogP contribution in [0.5, 0.6) is 0 Å². The highest BCUT2D eigenvalue weighted by molar-refractivity contribution is 5.98. The summed E-state index contributed by atoms with van der Waals surface area (Å²) in [6.45, 7) is 2.43. The molecule has 32 heavy (non-hydrogen) atoms. The van der Waals surface area contributed by atoms with Crippen molar-refractivity contribution in [3.05, 3.63) is 77.4 Å². The van der Waals surface area contributed by atoms with Crippen LogP contribution in [-0.2, 0) is 0 Å². The molecule has 3 heterocycles. The molecule has 0 N–H and O–H groups in total. The lowest BCUT2D eigenvalue weighted by atomic mass is 10.1. The van der Waals surface area contributed by atoms with Crippen molar-refractivity contribution in [1.29, 1.82) is 0 Å². The fraction of sp³-hybridized carbons (Fsp3) is 0.227. The second-order valence-corrected chi connectivity index (χ2v) is 7.58. The van der Waals surface area contributed by atoms with Crippen LogP contribution in [0.25, 0.3) is 17.1 Å². The highest BCUT2D eigenvalue weighted by Crippen LogP contribution is 2.34. The van der Waals surface area contributed by atoms with Gasteiger partial charge >= 0.3 is 0 Å². The van der Waals surface area contributed by atoms with Crippen molar-refractivity contribution in [1.82, 2.24) is 30.0 Å². The number of hydrogen-bond acceptors (Lipinski definition) is 6. The summed E-state index contributed by atoms with van der Waals surface area (Å²) in [6.07, 6.45) is 4.50. The Morgan fingerprint density at radius 1 is 1.09 bits per heavy atom. The van der Waals surface area contributed by atoms with Gasteiger partial charge in [-0.3, -0.25) is 4.79 Å². The molecule has 2 aromatic heterocycles. The summed E-state index contributed by atoms with van der Waals surface area (Å²) < 4.78 is 32.2. The van der Waals surface area contributed by atoms with E-state index in [2.05, 4.69) is 20.3 Å². The first-order valence-corrected chi connectivity index (χ1v) is 10.1. The zero-order valence-corrected chi connectivity index (χ0v) is 17.1. The SMILES string of the molecule is Cc1ccc(-n2nccn2)c(C(=O)N2CCCC2c2nc(-c3ccc(F)c(F)c3)no2)c1. The van der Waals surface area contributed by atoms with Gasteiger partial charge in [-0.15, -0.1) is 0 Å². The summed E-state index contributed by atoms with van der Waals surface area (Å²) in [6, 6.07) is 8.47. The summed E-state index contributed by atoms with van der Waals surface area (Å²) in [5.74, 6) is -1.76. The predicted octanol–water partition coefficient (Wildman–Crippen LogP) is 3.88. The van der Waals surface area contributed by atoms with E-state index in [0.717, 1.165) is 24.1 Å². The molecule has 10 heteroatoms. The molecular weight excluding hydrogens is 418 g/mol. The maximum Gasteiger partial charge on any atom is 0.256 e. The average Bonchev–Trinajstić information content (AvgIpc) is 3.55. The molecule has 1 aliphatic heterocycles. The number of carbonyl (C=O) groups is 1. The molecule has 1 amide bonds. The number of aromatic nitrogens is 5. The first-order valence-electron chi connectivity index (χ1n) is 10.1. The van der Waals surface area contributed by atoms with Crippen molar-refractivity contribution >= 4 is 5.91 Å². The van der Waals surface area contributed by atoms with Gasteiger partial charge in [0.05, 0.1) is 23.6 Å². The van der Waals surface area contributed by atoms with Gasteiger partial charge in [-0.1, -0.05) is 16.8 Å². The number of rotatable bonds is 4. The molecule has 1 saturated heterocycles. The van der Waals surface area contributed by atoms with Crippen molar-refractivity contribution in [2.45, 2.75) is 25.8 Å². The van der Waals surface area contributed by atoms with Crippen molar-refractivity contribution in [2.24, 2.45) is 0 Å². The van der Waals surface area contributed by atoms with Gasteiger partial charge in [0, 0.05) is 12.1 Å². The summed E-state index contributed by atoms with van der Waals surface area (Å²) in [5.41, 5.74) is 2.26. The van der Waals surface area contributed by atoms with Crippen LogP contribution in [0.2, 0.25) is 0 Å². The predicted molar refractivity (Wildman–Crippen MR) is 109 cm³/mol. The summed E-state index contributed by atoms with van der Waals surface area (Å²) >= 11 is 0. The van der Waals surface area contributed by atoms with Gasteiger partial charge in [0.15, 0.2) is 11.6 Å². The zero-order chi connectivity index (χ0) is 22.2. The smallest absolute Gasteiger partial charge is 0.256 e. The Hall–Kier alpha value is -3.95. The molecule has 0 bridgehead atoms. The van der Waals surface area contributed by atoms with Crippen molar-refractivity contribution < 1.29 is 18.1 Å². The third-order valence-electron chi connectivity index (χ3n) is 5.43. The molecule has 4 aromatic rings. The number of hydrogen-bond donors (Lipinski definition) is 0. The van der Waals surface area contributed by atoms with E-state index in [9.17, 15) is 13.6 Å². The van der Waals surface area contributed by atoms with E-state index in [-0.39, 0.29) is 17.6 Å². The van der Waals surface area contributed by atoms with Crippen LogP contribution in [0.15, 0.2) is 53.3 Å². The van der Waals surface area contributed by atoms with Crippen LogP contribution in [0, 0.1) is 18.6 Å². The van der Waals surface area contributed by atoms with Crippen LogP contribution >= 0.6 is 0 Å². The molecule has 162 valence electrons. The number of benzene rings is 2. The third-order valence-corrected chi connectivity index (χ3v) is 5.43. The van der Waals surface area contributed by atoms with Gasteiger partial charge in [-0.25, -0.2) is 8.78 Å². The quantitative estimate of drug-likeness (QED) is 0.482. The van der Waals surface area contributed by atoms with Gasteiger partial charge in [-0.05, 0) is 50.1 Å². The van der Waals surface area contributed by atoms with E-state index < -0.39 is 17.7 Å². The number of carbonyl (C=O) groups excluding carboxylic acids is 1. The lowest BCUT2D eigenvalue weighted by molar-refractivity contribution is 0.0709. The maximum atomic E-state index is 13.6. The second kappa shape index (κ2) is 7.95. The van der Waals surface area contributed by atoms with Gasteiger partial charge in [0.25, 0.3) is 5.91 Å². The molecule has 0 spiro atoms. The number of amides is 1. The lowest BCUT2D eigenvalue weighted by Crippen LogP contribution is -2.31. The summed E-state index contributed by atoms with van der Waals surface area (Å²) in [7, 11) is 0. The Morgan fingerprint density at radius 3 is 2.69 bits per heavy atom. The molecule has 0 aliphatic carbocycles. The van der Waals surface area contributed by atoms with E-state index in [4.69, 9.17) is 4.52 Å². The largest absolute Gasteiger partial charge is 0.337 e. The van der Waals surface area contributed by atoms with E-state index in [1.807, 2.05) is 19.1 Å². The molecule has 1 aliphatic rings. The zero-order valence-electron chi connectivity index (χ0n) is 17.1. The maximum absolute atomic E-state index is 13.6. The van der Waals surface area contributed by atoms with Crippen molar-refractivity contribution in [3.8, 4) is 17.1 Å². The number of halogens is 2. The number of likely N-dealkylation sites (tertiary alicyclic amines) is 1. The molecule has 1 unspecified atom stereocenters. The topological polar surface area (TPSA) is 89.9 Å². The lowest BCUT2D eigenvalue weighted by Gasteiger charge is -2.23. The van der Waals surface area contributed by atoms with Crippen LogP contribution in [0.1, 0.15) is 40.7 Å². The second-order valence-electron chi connectivity index (χ2n) is 7.58. The highest BCUT2D eigenvalue weighted by Gasteiger charge is 2.35. The van der Waals surface area contributed by atoms with Gasteiger partial charge < -0.3 is 9.42 Å². The number of nitrogens with zero attached hydrogens (tertiary/aromatic N) is 6. The molecule has 0 saturated carbocycles. The monoisotopic (exact) mass is 436 g/mol. The fourth-order valence-electron chi connectivity index (χ4n) is 3.88. The van der Waals surface area contributed by atoms with E-state index >= 15 is 0 Å². The molecule has 1 atom stereocenters. The van der Waals surface area contributed by atoms with Crippen LogP contribution in [-0.4, -0.2) is 42.5 Å². The third kappa shape index (κ3) is 3.53. The molecular formula is C22H18F2N6O2. The number of aryl methyl sites for hydroxylation is 1. The Morgan fingerprint density at radius 2 is 1.91 bits per heavy atom. The normalized spacial score (nSPS) is 16.0. The van der Waals surface area contributed by atoms with Crippen LogP contribution in [0.4, 0.5) is 8.78 Å². The minimum Gasteiger partial charge on any atom is -0.337 e. The molecule has 2 aromatic carbocycles. The van der Waals surface area contributed by atoms with E-state index in [1.165, 1.54) is 10.9 Å². The Balaban J connectivity index is 1.46.